The highest BCUT2D eigenvalue weighted by Gasteiger charge is 2.56. The number of nitrogens with one attached hydrogen (secondary N) is 4. The van der Waals surface area contributed by atoms with E-state index in [0.29, 0.717) is 67.3 Å². The van der Waals surface area contributed by atoms with Crippen molar-refractivity contribution < 1.29 is 47.0 Å². The number of aromatic nitrogens is 5. The number of halogens is 2. The van der Waals surface area contributed by atoms with E-state index in [-0.39, 0.29) is 80.9 Å². The van der Waals surface area contributed by atoms with Gasteiger partial charge in [0, 0.05) is 64.3 Å². The van der Waals surface area contributed by atoms with Crippen LogP contribution in [0.5, 0.6) is 5.75 Å². The number of methoxy groups -OCH3 is 1. The van der Waals surface area contributed by atoms with E-state index in [4.69, 9.17) is 14.5 Å². The second-order valence-electron chi connectivity index (χ2n) is 36.8. The van der Waals surface area contributed by atoms with Gasteiger partial charge in [0.1, 0.15) is 11.6 Å². The van der Waals surface area contributed by atoms with Crippen LogP contribution in [0, 0.1) is 11.6 Å². The molecule has 9 aliphatic rings. The third kappa shape index (κ3) is 18.7. The van der Waals surface area contributed by atoms with E-state index in [1.165, 1.54) is 35.4 Å². The molecule has 4 saturated carbocycles. The molecule has 29 heteroatoms. The van der Waals surface area contributed by atoms with E-state index in [2.05, 4.69) is 248 Å². The zero-order valence-electron chi connectivity index (χ0n) is 75.2. The molecule has 4 aromatic heterocycles. The van der Waals surface area contributed by atoms with Crippen LogP contribution in [0.1, 0.15) is 125 Å². The Morgan fingerprint density at radius 2 is 0.853 bits per heavy atom. The maximum Gasteiger partial charge on any atom is 0.343 e. The normalized spacial score (nSPS) is 26.0. The molecule has 8 amide bonds. The number of carbonyl (C=O) groups is 5. The summed E-state index contributed by atoms with van der Waals surface area (Å²) in [7, 11) is 18.5. The number of para-hydroxylation sites is 2. The topological polar surface area (TPSA) is 255 Å². The number of benzene rings is 6. The van der Waals surface area contributed by atoms with Gasteiger partial charge in [0.2, 0.25) is 5.95 Å². The first kappa shape index (κ1) is 90.5. The summed E-state index contributed by atoms with van der Waals surface area (Å²) in [6.07, 6.45) is 23.6. The fourth-order valence-electron chi connectivity index (χ4n) is 21.1. The third-order valence-corrected chi connectivity index (χ3v) is 30.2. The van der Waals surface area contributed by atoms with Crippen molar-refractivity contribution in [2.45, 2.75) is 147 Å². The number of morpholine rings is 1. The van der Waals surface area contributed by atoms with Crippen molar-refractivity contribution in [2.75, 3.05) is 147 Å². The number of thiophene rings is 1. The highest BCUT2D eigenvalue weighted by atomic mass is 32.1. The smallest absolute Gasteiger partial charge is 0.343 e. The van der Waals surface area contributed by atoms with Crippen LogP contribution in [0.3, 0.4) is 0 Å². The van der Waals surface area contributed by atoms with Crippen molar-refractivity contribution in [3.8, 4) is 27.6 Å². The van der Waals surface area contributed by atoms with Gasteiger partial charge in [-0.25, -0.2) is 47.7 Å². The highest BCUT2D eigenvalue weighted by molar-refractivity contribution is 7.19. The number of carbonyl (C=O) groups excluding carboxylic acids is 5. The Morgan fingerprint density at radius 1 is 0.442 bits per heavy atom. The number of ether oxygens (including phenoxy) is 3. The van der Waals surface area contributed by atoms with Crippen LogP contribution in [-0.4, -0.2) is 219 Å². The van der Waals surface area contributed by atoms with E-state index >= 15 is 0 Å². The Bertz CT molecular complexity index is 5530. The lowest BCUT2D eigenvalue weighted by molar-refractivity contribution is -0.142. The molecule has 10 aromatic rings. The van der Waals surface area contributed by atoms with Crippen LogP contribution in [-0.2, 0) is 36.4 Å². The average Bonchev–Trinajstić information content (AvgIpc) is 1.61. The summed E-state index contributed by atoms with van der Waals surface area (Å²) in [5.74, 6) is -0.233. The van der Waals surface area contributed by atoms with Crippen molar-refractivity contribution in [2.24, 2.45) is 0 Å². The van der Waals surface area contributed by atoms with Gasteiger partial charge in [0.15, 0.2) is 24.1 Å². The molecular weight excluding hydrogens is 1650 g/mol. The Morgan fingerprint density at radius 3 is 1.30 bits per heavy atom. The Hall–Kier alpha value is -11.9. The third-order valence-electron chi connectivity index (χ3n) is 29.0. The average molecular weight is 1770 g/mol. The predicted molar refractivity (Wildman–Crippen MR) is 499 cm³/mol. The van der Waals surface area contributed by atoms with E-state index in [9.17, 15) is 32.8 Å². The van der Waals surface area contributed by atoms with Gasteiger partial charge < -0.3 is 40.4 Å². The molecule has 4 spiro atoms. The summed E-state index contributed by atoms with van der Waals surface area (Å²) in [5, 5.41) is 14.2. The van der Waals surface area contributed by atoms with Crippen molar-refractivity contribution >= 4 is 69.6 Å². The molecule has 4 N–H and O–H groups in total. The number of amides is 8. The summed E-state index contributed by atoms with van der Waals surface area (Å²) < 4.78 is 42.5. The van der Waals surface area contributed by atoms with Gasteiger partial charge in [-0.15, -0.1) is 11.3 Å². The van der Waals surface area contributed by atoms with Crippen molar-refractivity contribution in [1.82, 2.24) is 65.8 Å². The molecule has 0 unspecified atom stereocenters. The zero-order valence-corrected chi connectivity index (χ0v) is 76.0. The number of urea groups is 4. The van der Waals surface area contributed by atoms with Gasteiger partial charge in [-0.1, -0.05) is 133 Å². The second-order valence-corrected chi connectivity index (χ2v) is 37.8. The number of pyridine rings is 1. The van der Waals surface area contributed by atoms with Crippen molar-refractivity contribution in [3.05, 3.63) is 259 Å². The second kappa shape index (κ2) is 38.1. The minimum absolute atomic E-state index is 0.00305. The van der Waals surface area contributed by atoms with Crippen LogP contribution in [0.4, 0.5) is 56.1 Å². The van der Waals surface area contributed by atoms with Crippen LogP contribution >= 0.6 is 11.3 Å². The molecule has 9 heterocycles. The lowest BCUT2D eigenvalue weighted by Crippen LogP contribution is -2.54. The molecular formula is C100H118F2N18O8S. The first-order valence-electron chi connectivity index (χ1n) is 44.8. The minimum atomic E-state index is -0.951. The lowest BCUT2D eigenvalue weighted by Gasteiger charge is -2.48. The fourth-order valence-corrected chi connectivity index (χ4v) is 22.1. The number of hydrogen-bond donors (Lipinski definition) is 4. The molecule has 5 saturated heterocycles. The number of hydrogen-bond acceptors (Lipinski definition) is 19. The summed E-state index contributed by atoms with van der Waals surface area (Å²) in [6.45, 7) is 5.19. The Balaban J connectivity index is 0.000000126. The largest absolute Gasteiger partial charge is 0.480 e. The molecule has 129 heavy (non-hydrogen) atoms. The monoisotopic (exact) mass is 1770 g/mol. The van der Waals surface area contributed by atoms with Gasteiger partial charge in [-0.3, -0.25) is 44.2 Å². The van der Waals surface area contributed by atoms with E-state index in [1.54, 1.807) is 63.1 Å². The Kier molecular flexibility index (Phi) is 26.7. The quantitative estimate of drug-likeness (QED) is 0.0582. The highest BCUT2D eigenvalue weighted by Crippen LogP contribution is 2.52. The zero-order chi connectivity index (χ0) is 90.4. The number of rotatable bonds is 18. The van der Waals surface area contributed by atoms with Crippen molar-refractivity contribution in [3.63, 3.8) is 0 Å². The van der Waals surface area contributed by atoms with Crippen molar-refractivity contribution in [1.29, 1.82) is 0 Å². The molecule has 676 valence electrons. The van der Waals surface area contributed by atoms with Gasteiger partial charge in [-0.05, 0) is 248 Å². The fraction of sp³-hybridized carbons (Fsp3) is 0.420. The molecule has 0 radical (unpaired) electrons. The molecule has 26 nitrogen and oxygen atoms in total. The van der Waals surface area contributed by atoms with Crippen LogP contribution in [0.25, 0.3) is 21.8 Å². The number of anilines is 5. The minimum Gasteiger partial charge on any atom is -0.480 e. The van der Waals surface area contributed by atoms with Gasteiger partial charge >= 0.3 is 30.1 Å². The molecule has 0 bridgehead atoms. The Labute approximate surface area is 758 Å². The first-order chi connectivity index (χ1) is 62.2. The van der Waals surface area contributed by atoms with E-state index in [1.807, 2.05) is 53.4 Å². The van der Waals surface area contributed by atoms with Gasteiger partial charge in [0.05, 0.1) is 97.4 Å². The predicted octanol–water partition coefficient (Wildman–Crippen LogP) is 16.0. The van der Waals surface area contributed by atoms with Gasteiger partial charge in [-0.2, -0.15) is 4.98 Å². The first-order valence-corrected chi connectivity index (χ1v) is 45.6. The number of nitrogens with zero attached hydrogens (tertiary/aromatic N) is 14. The summed E-state index contributed by atoms with van der Waals surface area (Å²) in [4.78, 5) is 105. The van der Waals surface area contributed by atoms with Gasteiger partial charge in [0.25, 0.3) is 0 Å². The molecule has 19 rings (SSSR count). The summed E-state index contributed by atoms with van der Waals surface area (Å²) in [5.41, 5.74) is 7.11. The van der Waals surface area contributed by atoms with Crippen LogP contribution in [0.15, 0.2) is 225 Å². The van der Waals surface area contributed by atoms with Crippen LogP contribution in [0.2, 0.25) is 0 Å². The SMILES string of the molecule is CN(C)C1(c2ccccc2)CCC2(CC1)CN(c1ccc(-c3ccncc3)s1)C(=O)N2.CN(C)C1(c2ccccc2)CCC2(CC1)CN(c1ccnc(N3CCOCC3)n1)C(=O)N2.CN(C)C1(c2ccccc2)CCC2(CC1)CN(c1cnc(-c3ccc(F)c(F)c3)nc1)C(=O)N2.COC(=O)COc1ccccc1N1CC2(CCC(c3ccccc3)(N(C)C)CC2)NC1=O. The maximum absolute atomic E-state index is 13.6. The lowest BCUT2D eigenvalue weighted by atomic mass is 9.69. The van der Waals surface area contributed by atoms with E-state index < -0.39 is 17.6 Å². The van der Waals surface area contributed by atoms with Crippen LogP contribution < -0.4 is 50.5 Å². The maximum atomic E-state index is 13.6. The summed E-state index contributed by atoms with van der Waals surface area (Å²) >= 11 is 1.66. The number of esters is 1. The van der Waals surface area contributed by atoms with E-state index in [0.717, 1.165) is 150 Å². The molecule has 5 aliphatic heterocycles. The summed E-state index contributed by atoms with van der Waals surface area (Å²) in [6, 6.07) is 63.3. The molecule has 0 atom stereocenters. The molecule has 9 fully saturated rings. The molecule has 4 aliphatic carbocycles. The standard InChI is InChI=1S/C26H27F2N5O.C25H28N4OS.C25H31N3O4.C24H32N6O2/c1-32(2)26(19-6-4-3-5-7-19)12-10-25(11-13-26)17-33(24(34)31-25)20-15-29-23(30-16-20)18-8-9-21(27)22(28)14-18;1-28(2)25(20-6-4-3-5-7-20)14-12-24(13-15-25)18-29(23(30)27-24)22-9-8-21(31-22)19-10-16-26-17-11-19;1-27(2)25(19-9-5-4-6-10-19)15-13-24(14-16-25)18-28(23(30)26-24)20-11-7-8-12-21(20)32-17-22(29)31-3;1-28(2)24(19-6-4-3-5-7-19)11-9-23(10-12-24)18-30(22(31)27-23)20-8-13-25-21(26-20)29-14-16-32-17-15-29/h3-9,14-16H,10-13,17H2,1-2H3,(H,31,34);3-11,16-17H,12-15,18H2,1-2H3,(H,27,30);4-12H,13-18H2,1-3H3,(H,26,30);3-8,13H,9-12,14-18H2,1-2H3,(H,27,31). The molecule has 6 aromatic carbocycles.